The molecule has 16 heavy (non-hydrogen) atoms. The number of carbonyl (C=O) groups is 1. The molecule has 88 valence electrons. The summed E-state index contributed by atoms with van der Waals surface area (Å²) in [4.78, 5) is 12.1. The van der Waals surface area contributed by atoms with Gasteiger partial charge >= 0.3 is 5.97 Å². The number of carboxylic acids is 1. The predicted octanol–water partition coefficient (Wildman–Crippen LogP) is 3.12. The van der Waals surface area contributed by atoms with E-state index in [-0.39, 0.29) is 6.10 Å². The van der Waals surface area contributed by atoms with Crippen LogP contribution >= 0.6 is 11.8 Å². The first-order valence-electron chi connectivity index (χ1n) is 4.96. The Kier molecular flexibility index (Phi) is 4.38. The molecule has 0 fully saturated rings. The Hall–Kier alpha value is -1.00. The Bertz CT molecular complexity index is 401. The van der Waals surface area contributed by atoms with Crippen LogP contribution in [0.3, 0.4) is 0 Å². The van der Waals surface area contributed by atoms with Crippen molar-refractivity contribution in [2.24, 2.45) is 0 Å². The van der Waals surface area contributed by atoms with Gasteiger partial charge in [-0.15, -0.1) is 11.8 Å². The molecule has 0 amide bonds. The van der Waals surface area contributed by atoms with Gasteiger partial charge in [0.2, 0.25) is 0 Å². The largest absolute Gasteiger partial charge is 0.478 e. The summed E-state index contributed by atoms with van der Waals surface area (Å²) in [7, 11) is 1.63. The Balaban J connectivity index is 3.40. The summed E-state index contributed by atoms with van der Waals surface area (Å²) in [6.45, 7) is 3.75. The summed E-state index contributed by atoms with van der Waals surface area (Å²) in [5, 5.41) is 9.06. The summed E-state index contributed by atoms with van der Waals surface area (Å²) in [6, 6.07) is 3.49. The smallest absolute Gasteiger partial charge is 0.335 e. The monoisotopic (exact) mass is 240 g/mol. The molecule has 1 N–H and O–H groups in total. The van der Waals surface area contributed by atoms with Crippen molar-refractivity contribution in [3.63, 3.8) is 0 Å². The van der Waals surface area contributed by atoms with Gasteiger partial charge in [0.25, 0.3) is 0 Å². The third-order valence-corrected chi connectivity index (χ3v) is 3.48. The van der Waals surface area contributed by atoms with Crippen LogP contribution in [0.4, 0.5) is 0 Å². The molecule has 0 aliphatic carbocycles. The van der Waals surface area contributed by atoms with E-state index in [1.54, 1.807) is 24.9 Å². The Morgan fingerprint density at radius 2 is 2.12 bits per heavy atom. The van der Waals surface area contributed by atoms with Crippen LogP contribution in [0, 0.1) is 6.92 Å². The molecule has 0 saturated carbocycles. The highest BCUT2D eigenvalue weighted by atomic mass is 32.2. The van der Waals surface area contributed by atoms with Gasteiger partial charge in [0.1, 0.15) is 0 Å². The molecule has 0 radical (unpaired) electrons. The van der Waals surface area contributed by atoms with E-state index >= 15 is 0 Å². The Morgan fingerprint density at radius 3 is 2.56 bits per heavy atom. The lowest BCUT2D eigenvalue weighted by molar-refractivity contribution is 0.0695. The molecule has 3 nitrogen and oxygen atoms in total. The lowest BCUT2D eigenvalue weighted by Crippen LogP contribution is -2.07. The third-order valence-electron chi connectivity index (χ3n) is 2.69. The van der Waals surface area contributed by atoms with Crippen LogP contribution in [0.2, 0.25) is 0 Å². The van der Waals surface area contributed by atoms with E-state index in [0.717, 1.165) is 16.0 Å². The molecule has 0 bridgehead atoms. The molecular weight excluding hydrogens is 224 g/mol. The van der Waals surface area contributed by atoms with Gasteiger partial charge in [0, 0.05) is 12.0 Å². The zero-order valence-corrected chi connectivity index (χ0v) is 10.7. The zero-order valence-electron chi connectivity index (χ0n) is 9.90. The van der Waals surface area contributed by atoms with Crippen molar-refractivity contribution < 1.29 is 14.6 Å². The van der Waals surface area contributed by atoms with E-state index < -0.39 is 5.97 Å². The molecule has 1 unspecified atom stereocenters. The van der Waals surface area contributed by atoms with E-state index in [1.165, 1.54) is 0 Å². The average molecular weight is 240 g/mol. The first-order valence-corrected chi connectivity index (χ1v) is 6.19. The molecule has 0 heterocycles. The van der Waals surface area contributed by atoms with E-state index in [2.05, 4.69) is 0 Å². The molecular formula is C12H16O3S. The van der Waals surface area contributed by atoms with E-state index in [9.17, 15) is 4.79 Å². The van der Waals surface area contributed by atoms with Crippen LogP contribution in [0.15, 0.2) is 17.0 Å². The summed E-state index contributed by atoms with van der Waals surface area (Å²) in [6.07, 6.45) is 1.88. The topological polar surface area (TPSA) is 46.5 Å². The van der Waals surface area contributed by atoms with Gasteiger partial charge in [-0.05, 0) is 43.4 Å². The maximum Gasteiger partial charge on any atom is 0.335 e. The van der Waals surface area contributed by atoms with Gasteiger partial charge in [0.05, 0.1) is 11.7 Å². The van der Waals surface area contributed by atoms with Crippen LogP contribution < -0.4 is 0 Å². The fraction of sp³-hybridized carbons (Fsp3) is 0.417. The second kappa shape index (κ2) is 5.37. The Labute approximate surface area is 99.8 Å². The van der Waals surface area contributed by atoms with Crippen LogP contribution in [0.25, 0.3) is 0 Å². The number of aromatic carboxylic acids is 1. The van der Waals surface area contributed by atoms with Gasteiger partial charge < -0.3 is 9.84 Å². The Morgan fingerprint density at radius 1 is 1.50 bits per heavy atom. The minimum absolute atomic E-state index is 0.0956. The van der Waals surface area contributed by atoms with Crippen molar-refractivity contribution in [1.82, 2.24) is 0 Å². The number of methoxy groups -OCH3 is 1. The molecule has 1 rings (SSSR count). The summed E-state index contributed by atoms with van der Waals surface area (Å²) >= 11 is 1.60. The molecule has 1 aromatic carbocycles. The second-order valence-corrected chi connectivity index (χ2v) is 4.39. The highest BCUT2D eigenvalue weighted by Gasteiger charge is 2.18. The van der Waals surface area contributed by atoms with Gasteiger partial charge in [-0.2, -0.15) is 0 Å². The molecule has 0 spiro atoms. The quantitative estimate of drug-likeness (QED) is 0.821. The summed E-state index contributed by atoms with van der Waals surface area (Å²) in [5.41, 5.74) is 2.10. The van der Waals surface area contributed by atoms with Crippen molar-refractivity contribution >= 4 is 17.7 Å². The average Bonchev–Trinajstić information content (AvgIpc) is 2.26. The normalized spacial score (nSPS) is 12.5. The standard InChI is InChI=1S/C12H16O3S/c1-7-9(12(13)14)5-6-10(16-4)11(7)8(2)15-3/h5-6,8H,1-4H3,(H,13,14). The molecule has 0 aliphatic rings. The van der Waals surface area contributed by atoms with Gasteiger partial charge in [0.15, 0.2) is 0 Å². The predicted molar refractivity (Wildman–Crippen MR) is 65.3 cm³/mol. The first kappa shape index (κ1) is 13.1. The fourth-order valence-corrected chi connectivity index (χ4v) is 2.48. The van der Waals surface area contributed by atoms with Crippen LogP contribution in [0.5, 0.6) is 0 Å². The molecule has 0 aliphatic heterocycles. The van der Waals surface area contributed by atoms with Gasteiger partial charge in [-0.25, -0.2) is 4.79 Å². The van der Waals surface area contributed by atoms with Gasteiger partial charge in [-0.3, -0.25) is 0 Å². The second-order valence-electron chi connectivity index (χ2n) is 3.54. The highest BCUT2D eigenvalue weighted by Crippen LogP contribution is 2.32. The van der Waals surface area contributed by atoms with Crippen molar-refractivity contribution in [3.05, 3.63) is 28.8 Å². The first-order chi connectivity index (χ1) is 7.52. The molecule has 1 atom stereocenters. The van der Waals surface area contributed by atoms with E-state index in [4.69, 9.17) is 9.84 Å². The maximum atomic E-state index is 11.0. The van der Waals surface area contributed by atoms with Crippen LogP contribution in [-0.4, -0.2) is 24.4 Å². The number of thioether (sulfide) groups is 1. The molecule has 0 saturated heterocycles. The highest BCUT2D eigenvalue weighted by molar-refractivity contribution is 7.98. The van der Waals surface area contributed by atoms with Crippen molar-refractivity contribution in [2.45, 2.75) is 24.8 Å². The number of carboxylic acid groups (broad SMARTS) is 1. The summed E-state index contributed by atoms with van der Waals surface area (Å²) < 4.78 is 5.29. The minimum atomic E-state index is -0.894. The van der Waals surface area contributed by atoms with Crippen molar-refractivity contribution in [2.75, 3.05) is 13.4 Å². The van der Waals surface area contributed by atoms with E-state index in [1.807, 2.05) is 26.2 Å². The number of hydrogen-bond donors (Lipinski definition) is 1. The number of ether oxygens (including phenoxy) is 1. The minimum Gasteiger partial charge on any atom is -0.478 e. The zero-order chi connectivity index (χ0) is 12.3. The molecule has 1 aromatic rings. The van der Waals surface area contributed by atoms with Crippen molar-refractivity contribution in [3.8, 4) is 0 Å². The number of hydrogen-bond acceptors (Lipinski definition) is 3. The molecule has 0 aromatic heterocycles. The third kappa shape index (κ3) is 2.39. The number of rotatable bonds is 4. The SMILES string of the molecule is COC(C)c1c(SC)ccc(C(=O)O)c1C. The van der Waals surface area contributed by atoms with Crippen molar-refractivity contribution in [1.29, 1.82) is 0 Å². The number of benzene rings is 1. The van der Waals surface area contributed by atoms with Gasteiger partial charge in [-0.1, -0.05) is 0 Å². The van der Waals surface area contributed by atoms with Crippen LogP contribution in [0.1, 0.15) is 34.5 Å². The fourth-order valence-electron chi connectivity index (χ4n) is 1.74. The molecule has 4 heteroatoms. The lowest BCUT2D eigenvalue weighted by atomic mass is 9.99. The summed E-state index contributed by atoms with van der Waals surface area (Å²) in [5.74, 6) is -0.894. The van der Waals surface area contributed by atoms with Crippen LogP contribution in [-0.2, 0) is 4.74 Å². The lowest BCUT2D eigenvalue weighted by Gasteiger charge is -2.18. The van der Waals surface area contributed by atoms with E-state index in [0.29, 0.717) is 5.56 Å². The maximum absolute atomic E-state index is 11.0.